The van der Waals surface area contributed by atoms with E-state index in [1.807, 2.05) is 12.1 Å². The molecule has 3 aliphatic rings. The minimum Gasteiger partial charge on any atom is -0.497 e. The summed E-state index contributed by atoms with van der Waals surface area (Å²) in [5, 5.41) is 3.52. The van der Waals surface area contributed by atoms with Gasteiger partial charge in [-0.25, -0.2) is 0 Å². The van der Waals surface area contributed by atoms with E-state index in [0.29, 0.717) is 19.6 Å². The maximum atomic E-state index is 13.0. The van der Waals surface area contributed by atoms with Gasteiger partial charge in [0.1, 0.15) is 5.75 Å². The first-order valence-electron chi connectivity index (χ1n) is 11.0. The molecule has 0 bridgehead atoms. The molecule has 1 amide bonds. The van der Waals surface area contributed by atoms with Crippen molar-refractivity contribution >= 4 is 23.1 Å². The van der Waals surface area contributed by atoms with Gasteiger partial charge in [0.2, 0.25) is 5.91 Å². The van der Waals surface area contributed by atoms with Crippen molar-refractivity contribution in [3.63, 3.8) is 0 Å². The normalized spacial score (nSPS) is 22.8. The second-order valence-corrected chi connectivity index (χ2v) is 8.37. The van der Waals surface area contributed by atoms with Crippen molar-refractivity contribution in [3.05, 3.63) is 42.5 Å². The van der Waals surface area contributed by atoms with E-state index in [4.69, 9.17) is 9.47 Å². The van der Waals surface area contributed by atoms with Crippen molar-refractivity contribution in [3.8, 4) is 5.75 Å². The van der Waals surface area contributed by atoms with E-state index in [9.17, 15) is 9.59 Å². The highest BCUT2D eigenvalue weighted by Crippen LogP contribution is 2.33. The molecule has 0 radical (unpaired) electrons. The van der Waals surface area contributed by atoms with Crippen LogP contribution in [0.3, 0.4) is 0 Å². The Kier molecular flexibility index (Phi) is 6.32. The van der Waals surface area contributed by atoms with Crippen LogP contribution in [0.2, 0.25) is 0 Å². The van der Waals surface area contributed by atoms with Crippen LogP contribution in [0.1, 0.15) is 25.7 Å². The molecule has 1 aliphatic carbocycles. The maximum absolute atomic E-state index is 13.0. The number of nitrogens with one attached hydrogen (secondary N) is 1. The first kappa shape index (κ1) is 21.4. The summed E-state index contributed by atoms with van der Waals surface area (Å²) in [6.07, 6.45) is 10.6. The number of hydrogen-bond acceptors (Lipinski definition) is 6. The Morgan fingerprint density at radius 2 is 1.90 bits per heavy atom. The van der Waals surface area contributed by atoms with Crippen molar-refractivity contribution in [1.82, 2.24) is 4.90 Å². The zero-order chi connectivity index (χ0) is 21.8. The Balaban J connectivity index is 1.39. The van der Waals surface area contributed by atoms with Gasteiger partial charge < -0.3 is 24.6 Å². The molecule has 2 saturated heterocycles. The average molecular weight is 426 g/mol. The van der Waals surface area contributed by atoms with Gasteiger partial charge in [0.05, 0.1) is 31.0 Å². The van der Waals surface area contributed by atoms with E-state index in [1.165, 1.54) is 37.1 Å². The number of methoxy groups -OCH3 is 1. The minimum atomic E-state index is -0.941. The van der Waals surface area contributed by atoms with Gasteiger partial charge in [0, 0.05) is 32.7 Å². The summed E-state index contributed by atoms with van der Waals surface area (Å²) in [6.45, 7) is 3.10. The molecular weight excluding hydrogens is 394 g/mol. The standard InChI is InChI=1S/C24H31N3O4/c1-26-23(29)18(17-31-24(26)11-8-19(28)9-12-24)10-13-25-21-16-20(30-2)6-7-22(21)27-14-4-3-5-15-27/h6-9,11-12,16,18,25H,3-5,10,13-15,17H2,1-2H3. The van der Waals surface area contributed by atoms with Crippen LogP contribution in [0, 0.1) is 5.92 Å². The third kappa shape index (κ3) is 4.46. The molecule has 0 aromatic heterocycles. The molecule has 2 heterocycles. The summed E-state index contributed by atoms with van der Waals surface area (Å²) < 4.78 is 11.5. The zero-order valence-electron chi connectivity index (χ0n) is 18.3. The van der Waals surface area contributed by atoms with Crippen molar-refractivity contribution < 1.29 is 19.1 Å². The SMILES string of the molecule is COc1ccc(N2CCCCC2)c(NCCC2COC3(C=CC(=O)C=C3)N(C)C2=O)c1. The largest absolute Gasteiger partial charge is 0.497 e. The Morgan fingerprint density at radius 1 is 1.16 bits per heavy atom. The first-order valence-corrected chi connectivity index (χ1v) is 11.0. The zero-order valence-corrected chi connectivity index (χ0v) is 18.3. The molecule has 7 heteroatoms. The lowest BCUT2D eigenvalue weighted by Gasteiger charge is -2.44. The van der Waals surface area contributed by atoms with Crippen molar-refractivity contribution in [2.75, 3.05) is 50.6 Å². The van der Waals surface area contributed by atoms with E-state index >= 15 is 0 Å². The number of carbonyl (C=O) groups is 2. The monoisotopic (exact) mass is 425 g/mol. The third-order valence-electron chi connectivity index (χ3n) is 6.40. The van der Waals surface area contributed by atoms with Gasteiger partial charge in [0.15, 0.2) is 11.5 Å². The van der Waals surface area contributed by atoms with Gasteiger partial charge in [-0.1, -0.05) is 0 Å². The molecular formula is C24H31N3O4. The topological polar surface area (TPSA) is 71.1 Å². The van der Waals surface area contributed by atoms with Crippen LogP contribution in [-0.4, -0.2) is 62.7 Å². The predicted octanol–water partition coefficient (Wildman–Crippen LogP) is 2.98. The number of nitrogens with zero attached hydrogens (tertiary/aromatic N) is 2. The first-order chi connectivity index (χ1) is 15.0. The van der Waals surface area contributed by atoms with Crippen LogP contribution >= 0.6 is 0 Å². The van der Waals surface area contributed by atoms with E-state index in [2.05, 4.69) is 16.3 Å². The van der Waals surface area contributed by atoms with Crippen molar-refractivity contribution in [2.24, 2.45) is 5.92 Å². The molecule has 1 N–H and O–H groups in total. The van der Waals surface area contributed by atoms with Crippen LogP contribution in [-0.2, 0) is 14.3 Å². The molecule has 166 valence electrons. The molecule has 2 aliphatic heterocycles. The predicted molar refractivity (Wildman–Crippen MR) is 120 cm³/mol. The summed E-state index contributed by atoms with van der Waals surface area (Å²) in [7, 11) is 3.40. The number of carbonyl (C=O) groups excluding carboxylic acids is 2. The Bertz CT molecular complexity index is 873. The van der Waals surface area contributed by atoms with Crippen LogP contribution in [0.4, 0.5) is 11.4 Å². The molecule has 1 spiro atoms. The number of anilines is 2. The highest BCUT2D eigenvalue weighted by atomic mass is 16.5. The average Bonchev–Trinajstić information content (AvgIpc) is 2.81. The smallest absolute Gasteiger partial charge is 0.230 e. The lowest BCUT2D eigenvalue weighted by Crippen LogP contribution is -2.57. The lowest BCUT2D eigenvalue weighted by atomic mass is 9.96. The van der Waals surface area contributed by atoms with Gasteiger partial charge in [-0.15, -0.1) is 0 Å². The van der Waals surface area contributed by atoms with E-state index in [1.54, 1.807) is 31.2 Å². The number of rotatable bonds is 6. The maximum Gasteiger partial charge on any atom is 0.230 e. The summed E-state index contributed by atoms with van der Waals surface area (Å²) in [4.78, 5) is 28.4. The summed E-state index contributed by atoms with van der Waals surface area (Å²) in [5.74, 6) is 0.516. The highest BCUT2D eigenvalue weighted by Gasteiger charge is 2.43. The Labute approximate surface area is 183 Å². The van der Waals surface area contributed by atoms with Gasteiger partial charge in [-0.3, -0.25) is 9.59 Å². The fraction of sp³-hybridized carbons (Fsp3) is 0.500. The number of piperidine rings is 1. The fourth-order valence-corrected chi connectivity index (χ4v) is 4.46. The molecule has 1 aromatic rings. The number of hydrogen-bond donors (Lipinski definition) is 1. The molecule has 1 aromatic carbocycles. The van der Waals surface area contributed by atoms with Crippen LogP contribution in [0.5, 0.6) is 5.75 Å². The number of likely N-dealkylation sites (N-methyl/N-ethyl adjacent to an activating group) is 1. The Morgan fingerprint density at radius 3 is 2.61 bits per heavy atom. The van der Waals surface area contributed by atoms with Gasteiger partial charge >= 0.3 is 0 Å². The second kappa shape index (κ2) is 9.14. The highest BCUT2D eigenvalue weighted by molar-refractivity contribution is 6.00. The van der Waals surface area contributed by atoms with Crippen molar-refractivity contribution in [1.29, 1.82) is 0 Å². The summed E-state index contributed by atoms with van der Waals surface area (Å²) in [6, 6.07) is 6.14. The van der Waals surface area contributed by atoms with E-state index in [0.717, 1.165) is 24.5 Å². The number of allylic oxidation sites excluding steroid dienone is 2. The molecule has 1 unspecified atom stereocenters. The number of ether oxygens (including phenoxy) is 2. The quantitative estimate of drug-likeness (QED) is 0.756. The minimum absolute atomic E-state index is 0.0265. The summed E-state index contributed by atoms with van der Waals surface area (Å²) >= 11 is 0. The number of benzene rings is 1. The second-order valence-electron chi connectivity index (χ2n) is 8.37. The molecule has 31 heavy (non-hydrogen) atoms. The van der Waals surface area contributed by atoms with E-state index < -0.39 is 5.72 Å². The van der Waals surface area contributed by atoms with Crippen molar-refractivity contribution in [2.45, 2.75) is 31.4 Å². The van der Waals surface area contributed by atoms with Crippen LogP contribution in [0.15, 0.2) is 42.5 Å². The van der Waals surface area contributed by atoms with Crippen LogP contribution < -0.4 is 15.0 Å². The third-order valence-corrected chi connectivity index (χ3v) is 6.40. The molecule has 4 rings (SSSR count). The number of amides is 1. The molecule has 2 fully saturated rings. The van der Waals surface area contributed by atoms with Gasteiger partial charge in [-0.05, 0) is 62.1 Å². The Hall–Kier alpha value is -2.80. The fourth-order valence-electron chi connectivity index (χ4n) is 4.46. The molecule has 0 saturated carbocycles. The van der Waals surface area contributed by atoms with Gasteiger partial charge in [0.25, 0.3) is 0 Å². The molecule has 1 atom stereocenters. The summed E-state index contributed by atoms with van der Waals surface area (Å²) in [5.41, 5.74) is 1.28. The van der Waals surface area contributed by atoms with Gasteiger partial charge in [-0.2, -0.15) is 0 Å². The molecule has 7 nitrogen and oxygen atoms in total. The van der Waals surface area contributed by atoms with Crippen LogP contribution in [0.25, 0.3) is 0 Å². The van der Waals surface area contributed by atoms with E-state index in [-0.39, 0.29) is 17.6 Å². The lowest BCUT2D eigenvalue weighted by molar-refractivity contribution is -0.175. The number of ketones is 1.